The minimum Gasteiger partial charge on any atom is -0.496 e. The van der Waals surface area contributed by atoms with Gasteiger partial charge in [-0.3, -0.25) is 4.79 Å². The number of methoxy groups -OCH3 is 2. The zero-order valence-corrected chi connectivity index (χ0v) is 13.9. The molecule has 116 valence electrons. The summed E-state index contributed by atoms with van der Waals surface area (Å²) < 4.78 is 10.4. The first-order valence-electron chi connectivity index (χ1n) is 6.46. The van der Waals surface area contributed by atoms with E-state index in [-0.39, 0.29) is 0 Å². The molecular weight excluding hydrogens is 325 g/mol. The van der Waals surface area contributed by atoms with Crippen LogP contribution < -0.4 is 14.8 Å². The second-order valence-electron chi connectivity index (χ2n) is 4.57. The zero-order valence-electron chi connectivity index (χ0n) is 12.4. The van der Waals surface area contributed by atoms with Gasteiger partial charge in [0.1, 0.15) is 17.1 Å². The summed E-state index contributed by atoms with van der Waals surface area (Å²) in [6.07, 6.45) is 0. The van der Waals surface area contributed by atoms with Crippen molar-refractivity contribution in [3.63, 3.8) is 0 Å². The van der Waals surface area contributed by atoms with Crippen molar-refractivity contribution in [3.05, 3.63) is 51.5 Å². The van der Waals surface area contributed by atoms with Gasteiger partial charge in [-0.1, -0.05) is 29.3 Å². The van der Waals surface area contributed by atoms with Crippen LogP contribution in [-0.2, 0) is 0 Å². The Bertz CT molecular complexity index is 695. The lowest BCUT2D eigenvalue weighted by Gasteiger charge is -2.14. The van der Waals surface area contributed by atoms with E-state index < -0.39 is 5.91 Å². The van der Waals surface area contributed by atoms with Crippen molar-refractivity contribution in [2.24, 2.45) is 0 Å². The molecule has 6 heteroatoms. The van der Waals surface area contributed by atoms with Crippen LogP contribution in [0.4, 0.5) is 5.69 Å². The number of carbonyl (C=O) groups excluding carboxylic acids is 1. The van der Waals surface area contributed by atoms with Crippen LogP contribution in [0, 0.1) is 6.92 Å². The number of amides is 1. The number of rotatable bonds is 4. The van der Waals surface area contributed by atoms with Crippen molar-refractivity contribution in [2.75, 3.05) is 19.5 Å². The van der Waals surface area contributed by atoms with Crippen LogP contribution in [-0.4, -0.2) is 20.1 Å². The predicted octanol–water partition coefficient (Wildman–Crippen LogP) is 4.57. The fourth-order valence-corrected chi connectivity index (χ4v) is 2.43. The second-order valence-corrected chi connectivity index (χ2v) is 5.39. The van der Waals surface area contributed by atoms with E-state index >= 15 is 0 Å². The highest BCUT2D eigenvalue weighted by Gasteiger charge is 2.19. The van der Waals surface area contributed by atoms with Gasteiger partial charge >= 0.3 is 0 Å². The summed E-state index contributed by atoms with van der Waals surface area (Å²) in [6.45, 7) is 1.84. The Morgan fingerprint density at radius 1 is 1.05 bits per heavy atom. The number of hydrogen-bond donors (Lipinski definition) is 1. The molecule has 0 fully saturated rings. The van der Waals surface area contributed by atoms with Crippen LogP contribution in [0.15, 0.2) is 30.3 Å². The maximum absolute atomic E-state index is 12.5. The van der Waals surface area contributed by atoms with E-state index in [1.54, 1.807) is 30.3 Å². The molecule has 0 saturated heterocycles. The van der Waals surface area contributed by atoms with Crippen LogP contribution in [0.3, 0.4) is 0 Å². The van der Waals surface area contributed by atoms with Gasteiger partial charge < -0.3 is 14.8 Å². The van der Waals surface area contributed by atoms with Gasteiger partial charge in [0.25, 0.3) is 5.91 Å². The Kier molecular flexibility index (Phi) is 5.16. The van der Waals surface area contributed by atoms with Crippen LogP contribution in [0.1, 0.15) is 15.9 Å². The van der Waals surface area contributed by atoms with Crippen LogP contribution in [0.2, 0.25) is 10.0 Å². The average molecular weight is 340 g/mol. The van der Waals surface area contributed by atoms with E-state index in [4.69, 9.17) is 32.7 Å². The van der Waals surface area contributed by atoms with Crippen LogP contribution in [0.25, 0.3) is 0 Å². The third kappa shape index (κ3) is 3.29. The predicted molar refractivity (Wildman–Crippen MR) is 88.7 cm³/mol. The minimum absolute atomic E-state index is 0.292. The normalized spacial score (nSPS) is 10.2. The molecule has 2 aromatic carbocycles. The van der Waals surface area contributed by atoms with Crippen molar-refractivity contribution in [2.45, 2.75) is 6.92 Å². The average Bonchev–Trinajstić information content (AvgIpc) is 2.51. The standard InChI is InChI=1S/C16H15Cl2NO3/c1-9-7-11(18)12(8-10(9)17)19-16(20)15-13(21-2)5-4-6-14(15)22-3/h4-8H,1-3H3,(H,19,20). The molecule has 0 aliphatic heterocycles. The molecule has 4 nitrogen and oxygen atoms in total. The van der Waals surface area contributed by atoms with E-state index in [0.29, 0.717) is 32.8 Å². The molecule has 0 aliphatic rings. The van der Waals surface area contributed by atoms with Gasteiger partial charge in [-0.2, -0.15) is 0 Å². The number of anilines is 1. The third-order valence-corrected chi connectivity index (χ3v) is 3.87. The number of halogens is 2. The molecule has 2 rings (SSSR count). The molecular formula is C16H15Cl2NO3. The number of aryl methyl sites for hydroxylation is 1. The van der Waals surface area contributed by atoms with Crippen molar-refractivity contribution in [3.8, 4) is 11.5 Å². The number of nitrogens with one attached hydrogen (secondary N) is 1. The first-order chi connectivity index (χ1) is 10.5. The Morgan fingerprint density at radius 3 is 2.18 bits per heavy atom. The highest BCUT2D eigenvalue weighted by Crippen LogP contribution is 2.32. The summed E-state index contributed by atoms with van der Waals surface area (Å²) in [4.78, 5) is 12.5. The summed E-state index contributed by atoms with van der Waals surface area (Å²) in [5.74, 6) is 0.425. The smallest absolute Gasteiger partial charge is 0.263 e. The molecule has 0 bridgehead atoms. The van der Waals surface area contributed by atoms with E-state index in [2.05, 4.69) is 5.32 Å². The van der Waals surface area contributed by atoms with Crippen LogP contribution in [0.5, 0.6) is 11.5 Å². The van der Waals surface area contributed by atoms with Gasteiger partial charge in [0.05, 0.1) is 24.9 Å². The number of carbonyl (C=O) groups is 1. The highest BCUT2D eigenvalue weighted by molar-refractivity contribution is 6.36. The van der Waals surface area contributed by atoms with Gasteiger partial charge in [-0.15, -0.1) is 0 Å². The summed E-state index contributed by atoms with van der Waals surface area (Å²) >= 11 is 12.2. The highest BCUT2D eigenvalue weighted by atomic mass is 35.5. The van der Waals surface area contributed by atoms with E-state index in [9.17, 15) is 4.79 Å². The number of ether oxygens (including phenoxy) is 2. The second kappa shape index (κ2) is 6.90. The lowest BCUT2D eigenvalue weighted by atomic mass is 10.1. The summed E-state index contributed by atoms with van der Waals surface area (Å²) in [7, 11) is 2.97. The number of hydrogen-bond acceptors (Lipinski definition) is 3. The van der Waals surface area contributed by atoms with Gasteiger partial charge in [-0.05, 0) is 36.8 Å². The first kappa shape index (κ1) is 16.5. The van der Waals surface area contributed by atoms with Crippen LogP contribution >= 0.6 is 23.2 Å². The van der Waals surface area contributed by atoms with Gasteiger partial charge in [0.2, 0.25) is 0 Å². The molecule has 22 heavy (non-hydrogen) atoms. The minimum atomic E-state index is -0.392. The molecule has 1 N–H and O–H groups in total. The molecule has 0 radical (unpaired) electrons. The summed E-state index contributed by atoms with van der Waals surface area (Å²) in [5.41, 5.74) is 1.55. The zero-order chi connectivity index (χ0) is 16.3. The number of benzene rings is 2. The summed E-state index contributed by atoms with van der Waals surface area (Å²) in [5, 5.41) is 3.66. The van der Waals surface area contributed by atoms with Crippen molar-refractivity contribution >= 4 is 34.8 Å². The first-order valence-corrected chi connectivity index (χ1v) is 7.21. The maximum Gasteiger partial charge on any atom is 0.263 e. The molecule has 0 heterocycles. The fourth-order valence-electron chi connectivity index (χ4n) is 2.00. The molecule has 2 aromatic rings. The summed E-state index contributed by atoms with van der Waals surface area (Å²) in [6, 6.07) is 8.41. The topological polar surface area (TPSA) is 47.6 Å². The lowest BCUT2D eigenvalue weighted by molar-refractivity contribution is 0.102. The van der Waals surface area contributed by atoms with E-state index in [1.807, 2.05) is 6.92 Å². The largest absolute Gasteiger partial charge is 0.496 e. The monoisotopic (exact) mass is 339 g/mol. The van der Waals surface area contributed by atoms with Crippen molar-refractivity contribution in [1.82, 2.24) is 0 Å². The quantitative estimate of drug-likeness (QED) is 0.887. The van der Waals surface area contributed by atoms with Gasteiger partial charge in [-0.25, -0.2) is 0 Å². The Morgan fingerprint density at radius 2 is 1.64 bits per heavy atom. The van der Waals surface area contributed by atoms with Crippen molar-refractivity contribution < 1.29 is 14.3 Å². The third-order valence-electron chi connectivity index (χ3n) is 3.15. The molecule has 0 spiro atoms. The maximum atomic E-state index is 12.5. The SMILES string of the molecule is COc1cccc(OC)c1C(=O)Nc1cc(Cl)c(C)cc1Cl. The molecule has 0 aliphatic carbocycles. The van der Waals surface area contributed by atoms with Gasteiger partial charge in [0, 0.05) is 5.02 Å². The van der Waals surface area contributed by atoms with Crippen molar-refractivity contribution in [1.29, 1.82) is 0 Å². The Hall–Kier alpha value is -1.91. The fraction of sp³-hybridized carbons (Fsp3) is 0.188. The molecule has 0 atom stereocenters. The lowest BCUT2D eigenvalue weighted by Crippen LogP contribution is -2.15. The van der Waals surface area contributed by atoms with E-state index in [0.717, 1.165) is 5.56 Å². The van der Waals surface area contributed by atoms with E-state index in [1.165, 1.54) is 14.2 Å². The Labute approximate surface area is 138 Å². The molecule has 1 amide bonds. The van der Waals surface area contributed by atoms with Gasteiger partial charge in [0.15, 0.2) is 0 Å². The Balaban J connectivity index is 2.40. The molecule has 0 unspecified atom stereocenters. The molecule has 0 aromatic heterocycles. The molecule has 0 saturated carbocycles.